The van der Waals surface area contributed by atoms with E-state index < -0.39 is 5.60 Å². The number of anilines is 1. The first kappa shape index (κ1) is 10.6. The van der Waals surface area contributed by atoms with Crippen LogP contribution in [-0.4, -0.2) is 15.2 Å². The van der Waals surface area contributed by atoms with E-state index in [0.29, 0.717) is 11.5 Å². The summed E-state index contributed by atoms with van der Waals surface area (Å²) >= 11 is 0. The van der Waals surface area contributed by atoms with Crippen molar-refractivity contribution in [3.63, 3.8) is 0 Å². The largest absolute Gasteiger partial charge is 0.399 e. The molecule has 0 atom stereocenters. The smallest absolute Gasteiger partial charge is 0.258 e. The maximum Gasteiger partial charge on any atom is 0.258 e. The Morgan fingerprint density at radius 3 is 2.38 bits per heavy atom. The lowest BCUT2D eigenvalue weighted by Crippen LogP contribution is -2.15. The molecule has 2 rings (SSSR count). The number of benzene rings is 1. The molecule has 5 heteroatoms. The molecule has 0 radical (unpaired) electrons. The fourth-order valence-electron chi connectivity index (χ4n) is 1.22. The maximum atomic E-state index is 9.68. The van der Waals surface area contributed by atoms with E-state index in [4.69, 9.17) is 10.3 Å². The summed E-state index contributed by atoms with van der Waals surface area (Å²) in [7, 11) is 0. The zero-order chi connectivity index (χ0) is 11.8. The Hall–Kier alpha value is -1.88. The Morgan fingerprint density at radius 2 is 1.88 bits per heavy atom. The van der Waals surface area contributed by atoms with Crippen molar-refractivity contribution in [1.29, 1.82) is 0 Å². The number of nitrogens with zero attached hydrogens (tertiary/aromatic N) is 2. The lowest BCUT2D eigenvalue weighted by Gasteiger charge is -2.09. The minimum Gasteiger partial charge on any atom is -0.399 e. The Kier molecular flexibility index (Phi) is 2.40. The van der Waals surface area contributed by atoms with Crippen molar-refractivity contribution in [2.45, 2.75) is 19.4 Å². The molecular formula is C11H13N3O2. The minimum absolute atomic E-state index is 0.194. The number of hydrogen-bond acceptors (Lipinski definition) is 5. The van der Waals surface area contributed by atoms with Gasteiger partial charge in [-0.2, -0.15) is 4.98 Å². The van der Waals surface area contributed by atoms with E-state index >= 15 is 0 Å². The number of hydrogen-bond donors (Lipinski definition) is 2. The number of aliphatic hydroxyl groups is 1. The highest BCUT2D eigenvalue weighted by molar-refractivity contribution is 5.58. The van der Waals surface area contributed by atoms with E-state index in [1.165, 1.54) is 0 Å². The van der Waals surface area contributed by atoms with Crippen molar-refractivity contribution in [3.05, 3.63) is 30.2 Å². The van der Waals surface area contributed by atoms with Gasteiger partial charge in [0.05, 0.1) is 0 Å². The maximum absolute atomic E-state index is 9.68. The average molecular weight is 219 g/mol. The molecular weight excluding hydrogens is 206 g/mol. The van der Waals surface area contributed by atoms with Crippen molar-refractivity contribution in [3.8, 4) is 11.4 Å². The molecule has 0 saturated carbocycles. The van der Waals surface area contributed by atoms with Crippen LogP contribution in [0.4, 0.5) is 5.69 Å². The third kappa shape index (κ3) is 2.04. The van der Waals surface area contributed by atoms with E-state index in [2.05, 4.69) is 10.1 Å². The number of aromatic nitrogens is 2. The summed E-state index contributed by atoms with van der Waals surface area (Å²) in [4.78, 5) is 4.11. The third-order valence-corrected chi connectivity index (χ3v) is 2.12. The van der Waals surface area contributed by atoms with Crippen LogP contribution in [0.1, 0.15) is 19.7 Å². The van der Waals surface area contributed by atoms with Crippen LogP contribution in [0.25, 0.3) is 11.4 Å². The molecule has 0 aliphatic carbocycles. The molecule has 0 saturated heterocycles. The van der Waals surface area contributed by atoms with Crippen LogP contribution >= 0.6 is 0 Å². The van der Waals surface area contributed by atoms with Gasteiger partial charge in [0.1, 0.15) is 5.60 Å². The molecule has 0 aliphatic rings. The lowest BCUT2D eigenvalue weighted by atomic mass is 10.1. The van der Waals surface area contributed by atoms with Crippen molar-refractivity contribution in [2.75, 3.05) is 5.73 Å². The molecule has 1 heterocycles. The summed E-state index contributed by atoms with van der Waals surface area (Å²) in [5, 5.41) is 13.5. The van der Waals surface area contributed by atoms with Gasteiger partial charge < -0.3 is 15.4 Å². The number of nitrogens with two attached hydrogens (primary N) is 1. The van der Waals surface area contributed by atoms with Gasteiger partial charge >= 0.3 is 0 Å². The SMILES string of the molecule is CC(C)(O)c1nc(-c2ccc(N)cc2)no1. The van der Waals surface area contributed by atoms with Gasteiger partial charge in [-0.3, -0.25) is 0 Å². The van der Waals surface area contributed by atoms with Gasteiger partial charge in [0, 0.05) is 11.3 Å². The Bertz CT molecular complexity index is 483. The summed E-state index contributed by atoms with van der Waals surface area (Å²) in [6.45, 7) is 3.18. The molecule has 0 fully saturated rings. The van der Waals surface area contributed by atoms with E-state index in [-0.39, 0.29) is 5.89 Å². The number of nitrogen functional groups attached to an aromatic ring is 1. The van der Waals surface area contributed by atoms with Gasteiger partial charge in [-0.05, 0) is 38.1 Å². The second kappa shape index (κ2) is 3.61. The predicted octanol–water partition coefficient (Wildman–Crippen LogP) is 1.55. The fraction of sp³-hybridized carbons (Fsp3) is 0.273. The Morgan fingerprint density at radius 1 is 1.25 bits per heavy atom. The number of rotatable bonds is 2. The average Bonchev–Trinajstić information content (AvgIpc) is 2.67. The van der Waals surface area contributed by atoms with Crippen LogP contribution in [0, 0.1) is 0 Å². The fourth-order valence-corrected chi connectivity index (χ4v) is 1.22. The van der Waals surface area contributed by atoms with Gasteiger partial charge in [0.25, 0.3) is 5.89 Å². The summed E-state index contributed by atoms with van der Waals surface area (Å²) in [5.74, 6) is 0.636. The molecule has 1 aromatic heterocycles. The summed E-state index contributed by atoms with van der Waals surface area (Å²) in [5.41, 5.74) is 5.92. The van der Waals surface area contributed by atoms with E-state index in [9.17, 15) is 5.11 Å². The zero-order valence-corrected chi connectivity index (χ0v) is 9.14. The molecule has 0 aliphatic heterocycles. The first-order valence-electron chi connectivity index (χ1n) is 4.89. The molecule has 16 heavy (non-hydrogen) atoms. The second-order valence-corrected chi connectivity index (χ2v) is 4.10. The standard InChI is InChI=1S/C11H13N3O2/c1-11(2,15)10-13-9(14-16-10)7-3-5-8(12)6-4-7/h3-6,15H,12H2,1-2H3. The monoisotopic (exact) mass is 219 g/mol. The van der Waals surface area contributed by atoms with Crippen LogP contribution < -0.4 is 5.73 Å². The topological polar surface area (TPSA) is 85.2 Å². The highest BCUT2D eigenvalue weighted by Crippen LogP contribution is 2.22. The molecule has 5 nitrogen and oxygen atoms in total. The Balaban J connectivity index is 2.35. The highest BCUT2D eigenvalue weighted by Gasteiger charge is 2.24. The Labute approximate surface area is 92.9 Å². The van der Waals surface area contributed by atoms with Crippen molar-refractivity contribution >= 4 is 5.69 Å². The summed E-state index contributed by atoms with van der Waals surface area (Å²) in [6.07, 6.45) is 0. The summed E-state index contributed by atoms with van der Waals surface area (Å²) in [6, 6.07) is 7.12. The molecule has 1 aromatic carbocycles. The first-order valence-corrected chi connectivity index (χ1v) is 4.89. The van der Waals surface area contributed by atoms with Gasteiger partial charge in [0.2, 0.25) is 5.82 Å². The van der Waals surface area contributed by atoms with Crippen LogP contribution in [0.15, 0.2) is 28.8 Å². The van der Waals surface area contributed by atoms with Gasteiger partial charge in [-0.25, -0.2) is 0 Å². The molecule has 0 bridgehead atoms. The lowest BCUT2D eigenvalue weighted by molar-refractivity contribution is 0.0420. The second-order valence-electron chi connectivity index (χ2n) is 4.10. The van der Waals surface area contributed by atoms with Crippen LogP contribution in [-0.2, 0) is 5.60 Å². The predicted molar refractivity (Wildman–Crippen MR) is 59.4 cm³/mol. The normalized spacial score (nSPS) is 11.7. The zero-order valence-electron chi connectivity index (χ0n) is 9.14. The van der Waals surface area contributed by atoms with E-state index in [0.717, 1.165) is 5.56 Å². The molecule has 2 aromatic rings. The van der Waals surface area contributed by atoms with Crippen molar-refractivity contribution in [2.24, 2.45) is 0 Å². The van der Waals surface area contributed by atoms with E-state index in [1.54, 1.807) is 38.1 Å². The van der Waals surface area contributed by atoms with Gasteiger partial charge in [-0.1, -0.05) is 5.16 Å². The molecule has 3 N–H and O–H groups in total. The van der Waals surface area contributed by atoms with Gasteiger partial charge in [0.15, 0.2) is 0 Å². The van der Waals surface area contributed by atoms with E-state index in [1.807, 2.05) is 0 Å². The van der Waals surface area contributed by atoms with Crippen molar-refractivity contribution in [1.82, 2.24) is 10.1 Å². The van der Waals surface area contributed by atoms with Crippen LogP contribution in [0.5, 0.6) is 0 Å². The minimum atomic E-state index is -1.13. The quantitative estimate of drug-likeness (QED) is 0.748. The third-order valence-electron chi connectivity index (χ3n) is 2.12. The molecule has 0 amide bonds. The molecule has 84 valence electrons. The first-order chi connectivity index (χ1) is 7.47. The molecule has 0 unspecified atom stereocenters. The van der Waals surface area contributed by atoms with Crippen LogP contribution in [0.2, 0.25) is 0 Å². The highest BCUT2D eigenvalue weighted by atomic mass is 16.5. The van der Waals surface area contributed by atoms with Crippen LogP contribution in [0.3, 0.4) is 0 Å². The molecule has 0 spiro atoms. The summed E-state index contributed by atoms with van der Waals surface area (Å²) < 4.78 is 4.97. The van der Waals surface area contributed by atoms with Crippen molar-refractivity contribution < 1.29 is 9.63 Å². The van der Waals surface area contributed by atoms with Gasteiger partial charge in [-0.15, -0.1) is 0 Å².